The standard InChI is InChI=1S/C22H32N6O/c1-5-22(3)11-12-28(15-22)21(23-14-20-26-25-16(2)27(20)4)24-18-10-13-29-19-9-7-6-8-17(18)19/h6-9,18H,5,10-15H2,1-4H3,(H,23,24). The molecule has 2 aromatic rings. The second kappa shape index (κ2) is 8.05. The van der Waals surface area contributed by atoms with Crippen molar-refractivity contribution in [1.29, 1.82) is 0 Å². The number of benzene rings is 1. The fourth-order valence-electron chi connectivity index (χ4n) is 4.11. The summed E-state index contributed by atoms with van der Waals surface area (Å²) in [6.07, 6.45) is 3.30. The smallest absolute Gasteiger partial charge is 0.194 e. The summed E-state index contributed by atoms with van der Waals surface area (Å²) in [4.78, 5) is 7.39. The number of para-hydroxylation sites is 1. The van der Waals surface area contributed by atoms with Gasteiger partial charge in [-0.1, -0.05) is 32.0 Å². The lowest BCUT2D eigenvalue weighted by Crippen LogP contribution is -2.43. The Bertz CT molecular complexity index is 891. The molecule has 2 unspecified atom stereocenters. The zero-order valence-corrected chi connectivity index (χ0v) is 18.0. The van der Waals surface area contributed by atoms with Crippen LogP contribution >= 0.6 is 0 Å². The van der Waals surface area contributed by atoms with E-state index in [-0.39, 0.29) is 6.04 Å². The first-order valence-corrected chi connectivity index (χ1v) is 10.6. The van der Waals surface area contributed by atoms with Gasteiger partial charge >= 0.3 is 0 Å². The van der Waals surface area contributed by atoms with Crippen LogP contribution in [0.4, 0.5) is 0 Å². The van der Waals surface area contributed by atoms with Gasteiger partial charge in [0.05, 0.1) is 12.6 Å². The summed E-state index contributed by atoms with van der Waals surface area (Å²) in [5.74, 6) is 3.72. The highest BCUT2D eigenvalue weighted by Gasteiger charge is 2.35. The summed E-state index contributed by atoms with van der Waals surface area (Å²) in [6, 6.07) is 8.50. The van der Waals surface area contributed by atoms with E-state index in [0.717, 1.165) is 49.5 Å². The Balaban J connectivity index is 1.59. The van der Waals surface area contributed by atoms with Crippen molar-refractivity contribution >= 4 is 5.96 Å². The molecular weight excluding hydrogens is 364 g/mol. The van der Waals surface area contributed by atoms with E-state index in [1.807, 2.05) is 30.7 Å². The Morgan fingerprint density at radius 3 is 2.90 bits per heavy atom. The van der Waals surface area contributed by atoms with E-state index >= 15 is 0 Å². The number of aryl methyl sites for hydroxylation is 1. The highest BCUT2D eigenvalue weighted by Crippen LogP contribution is 2.35. The fourth-order valence-corrected chi connectivity index (χ4v) is 4.11. The molecule has 1 aromatic carbocycles. The summed E-state index contributed by atoms with van der Waals surface area (Å²) in [7, 11) is 1.99. The average molecular weight is 397 g/mol. The van der Waals surface area contributed by atoms with Gasteiger partial charge < -0.3 is 19.5 Å². The van der Waals surface area contributed by atoms with Crippen LogP contribution in [0, 0.1) is 12.3 Å². The summed E-state index contributed by atoms with van der Waals surface area (Å²) < 4.78 is 7.85. The van der Waals surface area contributed by atoms with E-state index < -0.39 is 0 Å². The van der Waals surface area contributed by atoms with Crippen molar-refractivity contribution in [2.75, 3.05) is 19.7 Å². The van der Waals surface area contributed by atoms with Crippen molar-refractivity contribution in [2.24, 2.45) is 17.5 Å². The van der Waals surface area contributed by atoms with Gasteiger partial charge in [-0.05, 0) is 31.2 Å². The zero-order chi connectivity index (χ0) is 20.4. The molecule has 2 atom stereocenters. The Morgan fingerprint density at radius 2 is 2.17 bits per heavy atom. The Hall–Kier alpha value is -2.57. The number of aliphatic imine (C=N–C) groups is 1. The Morgan fingerprint density at radius 1 is 1.34 bits per heavy atom. The number of likely N-dealkylation sites (tertiary alicyclic amines) is 1. The lowest BCUT2D eigenvalue weighted by Gasteiger charge is -2.31. The maximum Gasteiger partial charge on any atom is 0.194 e. The predicted octanol–water partition coefficient (Wildman–Crippen LogP) is 3.21. The molecule has 0 aliphatic carbocycles. The largest absolute Gasteiger partial charge is 0.493 e. The van der Waals surface area contributed by atoms with Crippen LogP contribution in [0.2, 0.25) is 0 Å². The number of nitrogens with zero attached hydrogens (tertiary/aromatic N) is 5. The number of guanidine groups is 1. The first kappa shape index (κ1) is 19.7. The van der Waals surface area contributed by atoms with Crippen molar-refractivity contribution < 1.29 is 4.74 Å². The first-order valence-electron chi connectivity index (χ1n) is 10.6. The molecule has 29 heavy (non-hydrogen) atoms. The number of aromatic nitrogens is 3. The summed E-state index contributed by atoms with van der Waals surface area (Å²) in [6.45, 7) is 9.91. The molecule has 0 amide bonds. The number of ether oxygens (including phenoxy) is 1. The Labute approximate surface area is 173 Å². The lowest BCUT2D eigenvalue weighted by atomic mass is 9.87. The van der Waals surface area contributed by atoms with Crippen molar-refractivity contribution in [3.05, 3.63) is 41.5 Å². The van der Waals surface area contributed by atoms with Gasteiger partial charge in [0.15, 0.2) is 11.8 Å². The van der Waals surface area contributed by atoms with Crippen LogP contribution in [0.5, 0.6) is 5.75 Å². The van der Waals surface area contributed by atoms with Crippen LogP contribution in [0.25, 0.3) is 0 Å². The van der Waals surface area contributed by atoms with Gasteiger partial charge in [-0.25, -0.2) is 4.99 Å². The lowest BCUT2D eigenvalue weighted by molar-refractivity contribution is 0.258. The molecule has 1 saturated heterocycles. The molecule has 2 aliphatic rings. The van der Waals surface area contributed by atoms with Crippen molar-refractivity contribution in [1.82, 2.24) is 25.0 Å². The number of fused-ring (bicyclic) bond motifs is 1. The molecule has 0 saturated carbocycles. The van der Waals surface area contributed by atoms with Gasteiger partial charge in [0.2, 0.25) is 0 Å². The maximum atomic E-state index is 5.84. The van der Waals surface area contributed by atoms with Gasteiger partial charge in [-0.2, -0.15) is 0 Å². The molecule has 7 heteroatoms. The van der Waals surface area contributed by atoms with Crippen LogP contribution in [0.1, 0.15) is 56.4 Å². The second-order valence-corrected chi connectivity index (χ2v) is 8.57. The molecule has 1 fully saturated rings. The van der Waals surface area contributed by atoms with Crippen LogP contribution in [0.15, 0.2) is 29.3 Å². The minimum absolute atomic E-state index is 0.202. The van der Waals surface area contributed by atoms with E-state index in [1.165, 1.54) is 18.4 Å². The molecule has 2 aliphatic heterocycles. The number of hydrogen-bond acceptors (Lipinski definition) is 4. The van der Waals surface area contributed by atoms with Crippen molar-refractivity contribution in [3.63, 3.8) is 0 Å². The minimum atomic E-state index is 0.202. The predicted molar refractivity (Wildman–Crippen MR) is 114 cm³/mol. The quantitative estimate of drug-likeness (QED) is 0.635. The van der Waals surface area contributed by atoms with Gasteiger partial charge in [-0.15, -0.1) is 10.2 Å². The third kappa shape index (κ3) is 4.09. The van der Waals surface area contributed by atoms with E-state index in [2.05, 4.69) is 46.4 Å². The monoisotopic (exact) mass is 396 g/mol. The minimum Gasteiger partial charge on any atom is -0.493 e. The van der Waals surface area contributed by atoms with E-state index in [4.69, 9.17) is 9.73 Å². The van der Waals surface area contributed by atoms with E-state index in [0.29, 0.717) is 12.0 Å². The zero-order valence-electron chi connectivity index (χ0n) is 18.0. The van der Waals surface area contributed by atoms with Gasteiger partial charge in [0, 0.05) is 32.1 Å². The fraction of sp³-hybridized carbons (Fsp3) is 0.591. The summed E-state index contributed by atoms with van der Waals surface area (Å²) in [5, 5.41) is 12.2. The topological polar surface area (TPSA) is 67.6 Å². The molecule has 3 heterocycles. The van der Waals surface area contributed by atoms with Gasteiger partial charge in [0.25, 0.3) is 0 Å². The number of rotatable bonds is 4. The number of hydrogen-bond donors (Lipinski definition) is 1. The van der Waals surface area contributed by atoms with Gasteiger partial charge in [0.1, 0.15) is 18.1 Å². The van der Waals surface area contributed by atoms with Gasteiger partial charge in [-0.3, -0.25) is 0 Å². The van der Waals surface area contributed by atoms with Crippen LogP contribution in [-0.2, 0) is 13.6 Å². The normalized spacial score (nSPS) is 24.3. The first-order chi connectivity index (χ1) is 14.0. The van der Waals surface area contributed by atoms with Crippen molar-refractivity contribution in [2.45, 2.75) is 52.6 Å². The van der Waals surface area contributed by atoms with Crippen LogP contribution in [0.3, 0.4) is 0 Å². The molecule has 0 bridgehead atoms. The Kier molecular flexibility index (Phi) is 5.48. The van der Waals surface area contributed by atoms with Crippen LogP contribution in [-0.4, -0.2) is 45.3 Å². The third-order valence-electron chi connectivity index (χ3n) is 6.53. The molecule has 156 valence electrons. The van der Waals surface area contributed by atoms with E-state index in [1.54, 1.807) is 0 Å². The molecule has 1 N–H and O–H groups in total. The highest BCUT2D eigenvalue weighted by molar-refractivity contribution is 5.81. The molecule has 1 aromatic heterocycles. The average Bonchev–Trinajstić information content (AvgIpc) is 3.29. The number of nitrogens with one attached hydrogen (secondary N) is 1. The molecule has 0 radical (unpaired) electrons. The second-order valence-electron chi connectivity index (χ2n) is 8.57. The third-order valence-corrected chi connectivity index (χ3v) is 6.53. The molecular formula is C22H32N6O. The molecule has 4 rings (SSSR count). The maximum absolute atomic E-state index is 5.84. The molecule has 7 nitrogen and oxygen atoms in total. The SMILES string of the molecule is CCC1(C)CCN(C(=NCc2nnc(C)n2C)NC2CCOc3ccccc32)C1. The highest BCUT2D eigenvalue weighted by atomic mass is 16.5. The van der Waals surface area contributed by atoms with Crippen molar-refractivity contribution in [3.8, 4) is 5.75 Å². The molecule has 0 spiro atoms. The summed E-state index contributed by atoms with van der Waals surface area (Å²) >= 11 is 0. The summed E-state index contributed by atoms with van der Waals surface area (Å²) in [5.41, 5.74) is 1.55. The van der Waals surface area contributed by atoms with Crippen LogP contribution < -0.4 is 10.1 Å². The van der Waals surface area contributed by atoms with E-state index in [9.17, 15) is 0 Å².